The van der Waals surface area contributed by atoms with E-state index in [-0.39, 0.29) is 0 Å². The predicted molar refractivity (Wildman–Crippen MR) is 117 cm³/mol. The lowest BCUT2D eigenvalue weighted by molar-refractivity contribution is 0.352. The highest BCUT2D eigenvalue weighted by Gasteiger charge is 2.35. The Hall–Kier alpha value is -2.91. The van der Waals surface area contributed by atoms with Gasteiger partial charge in [-0.25, -0.2) is 9.97 Å². The number of aromatic amines is 1. The molecule has 2 atom stereocenters. The second kappa shape index (κ2) is 7.10. The van der Waals surface area contributed by atoms with Crippen molar-refractivity contribution in [2.75, 3.05) is 11.9 Å². The van der Waals surface area contributed by atoms with Crippen LogP contribution in [0.1, 0.15) is 25.7 Å². The van der Waals surface area contributed by atoms with Crippen molar-refractivity contribution in [2.24, 2.45) is 0 Å². The molecule has 5 heterocycles. The third-order valence-electron chi connectivity index (χ3n) is 6.43. The van der Waals surface area contributed by atoms with Gasteiger partial charge in [0.15, 0.2) is 0 Å². The van der Waals surface area contributed by atoms with E-state index >= 15 is 0 Å². The molecule has 0 saturated carbocycles. The molecule has 30 heavy (non-hydrogen) atoms. The minimum Gasteiger partial charge on any atom is -0.339 e. The molecule has 2 unspecified atom stereocenters. The number of rotatable bonds is 4. The Morgan fingerprint density at radius 3 is 2.60 bits per heavy atom. The Morgan fingerprint density at radius 1 is 1.03 bits per heavy atom. The van der Waals surface area contributed by atoms with Crippen LogP contribution in [-0.2, 0) is 0 Å². The number of piperidine rings is 1. The third-order valence-corrected chi connectivity index (χ3v) is 7.29. The summed E-state index contributed by atoms with van der Waals surface area (Å²) in [5.74, 6) is 0.695. The molecule has 1 aromatic carbocycles. The quantitative estimate of drug-likeness (QED) is 0.525. The topological polar surface area (TPSA) is 95.5 Å². The van der Waals surface area contributed by atoms with E-state index in [4.69, 9.17) is 0 Å². The molecule has 0 spiro atoms. The van der Waals surface area contributed by atoms with Gasteiger partial charge in [-0.15, -0.1) is 21.5 Å². The van der Waals surface area contributed by atoms with Crippen LogP contribution in [0, 0.1) is 0 Å². The van der Waals surface area contributed by atoms with Crippen LogP contribution in [-0.4, -0.2) is 55.5 Å². The maximum absolute atomic E-state index is 4.67. The van der Waals surface area contributed by atoms with Gasteiger partial charge in [0.2, 0.25) is 5.95 Å². The third kappa shape index (κ3) is 2.96. The lowest BCUT2D eigenvalue weighted by Crippen LogP contribution is -2.47. The molecule has 4 aromatic rings. The number of aromatic nitrogens is 6. The number of nitrogens with zero attached hydrogens (tertiary/aromatic N) is 6. The van der Waals surface area contributed by atoms with Gasteiger partial charge < -0.3 is 10.2 Å². The zero-order valence-electron chi connectivity index (χ0n) is 16.6. The van der Waals surface area contributed by atoms with E-state index in [9.17, 15) is 0 Å². The van der Waals surface area contributed by atoms with Crippen molar-refractivity contribution in [3.63, 3.8) is 0 Å². The standard InChI is InChI=1S/C21H22N8S/c1-29(15-6-13-2-3-14(7-15)26-13)21-22-10-18(27-28-21)17-5-4-16(12-8-24-25-9-12)19-20(17)30-11-23-19/h4-5,8-11,13-15,26H,2-3,6-7H2,1H3,(H,24,25). The molecule has 6 rings (SSSR count). The monoisotopic (exact) mass is 418 g/mol. The first-order valence-corrected chi connectivity index (χ1v) is 11.2. The first-order valence-electron chi connectivity index (χ1n) is 10.3. The number of benzene rings is 1. The highest BCUT2D eigenvalue weighted by Crippen LogP contribution is 2.36. The Kier molecular flexibility index (Phi) is 4.24. The molecule has 0 amide bonds. The van der Waals surface area contributed by atoms with Crippen LogP contribution in [0.5, 0.6) is 0 Å². The summed E-state index contributed by atoms with van der Waals surface area (Å²) in [6.45, 7) is 0. The maximum Gasteiger partial charge on any atom is 0.245 e. The summed E-state index contributed by atoms with van der Waals surface area (Å²) in [4.78, 5) is 11.4. The Balaban J connectivity index is 1.30. The summed E-state index contributed by atoms with van der Waals surface area (Å²) in [6.07, 6.45) is 10.4. The van der Waals surface area contributed by atoms with E-state index in [2.05, 4.69) is 59.8 Å². The number of nitrogens with one attached hydrogen (secondary N) is 2. The Morgan fingerprint density at radius 2 is 1.87 bits per heavy atom. The highest BCUT2D eigenvalue weighted by molar-refractivity contribution is 7.17. The number of H-pyrrole nitrogens is 1. The molecule has 2 saturated heterocycles. The lowest BCUT2D eigenvalue weighted by atomic mass is 9.99. The van der Waals surface area contributed by atoms with Crippen molar-refractivity contribution in [2.45, 2.75) is 43.8 Å². The van der Waals surface area contributed by atoms with Crippen LogP contribution in [0.4, 0.5) is 5.95 Å². The summed E-state index contributed by atoms with van der Waals surface area (Å²) in [5, 5.41) is 19.6. The van der Waals surface area contributed by atoms with Gasteiger partial charge in [-0.3, -0.25) is 5.10 Å². The molecule has 152 valence electrons. The maximum atomic E-state index is 4.67. The molecule has 2 aliphatic heterocycles. The fraction of sp³-hybridized carbons (Fsp3) is 0.381. The average Bonchev–Trinajstić information content (AvgIpc) is 3.54. The fourth-order valence-electron chi connectivity index (χ4n) is 4.84. The minimum absolute atomic E-state index is 0.471. The minimum atomic E-state index is 0.471. The SMILES string of the molecule is CN(c1ncc(-c2ccc(-c3cn[nH]c3)c3ncsc23)nn1)C1CC2CCC(C1)N2. The summed E-state index contributed by atoms with van der Waals surface area (Å²) in [6, 6.07) is 5.88. The van der Waals surface area contributed by atoms with Gasteiger partial charge >= 0.3 is 0 Å². The van der Waals surface area contributed by atoms with Crippen molar-refractivity contribution < 1.29 is 0 Å². The van der Waals surface area contributed by atoms with Crippen LogP contribution >= 0.6 is 11.3 Å². The largest absolute Gasteiger partial charge is 0.339 e. The van der Waals surface area contributed by atoms with Crippen molar-refractivity contribution >= 4 is 27.5 Å². The van der Waals surface area contributed by atoms with E-state index in [0.29, 0.717) is 24.1 Å². The molecular weight excluding hydrogens is 396 g/mol. The normalized spacial score (nSPS) is 23.2. The summed E-state index contributed by atoms with van der Waals surface area (Å²) >= 11 is 1.61. The first-order chi connectivity index (χ1) is 14.8. The van der Waals surface area contributed by atoms with Crippen molar-refractivity contribution in [3.05, 3.63) is 36.2 Å². The van der Waals surface area contributed by atoms with Crippen LogP contribution in [0.15, 0.2) is 36.2 Å². The Labute approximate surface area is 177 Å². The molecule has 3 aromatic heterocycles. The van der Waals surface area contributed by atoms with Gasteiger partial charge in [-0.2, -0.15) is 5.10 Å². The molecule has 2 bridgehead atoms. The summed E-state index contributed by atoms with van der Waals surface area (Å²) in [5.41, 5.74) is 6.68. The van der Waals surface area contributed by atoms with E-state index in [1.165, 1.54) is 12.8 Å². The van der Waals surface area contributed by atoms with E-state index in [1.807, 2.05) is 24.1 Å². The number of hydrogen-bond donors (Lipinski definition) is 2. The van der Waals surface area contributed by atoms with Crippen molar-refractivity contribution in [3.8, 4) is 22.4 Å². The number of fused-ring (bicyclic) bond motifs is 3. The number of anilines is 1. The van der Waals surface area contributed by atoms with Gasteiger partial charge in [-0.1, -0.05) is 12.1 Å². The zero-order valence-corrected chi connectivity index (χ0v) is 17.4. The van der Waals surface area contributed by atoms with Gasteiger partial charge in [0.1, 0.15) is 5.69 Å². The first kappa shape index (κ1) is 17.9. The molecule has 8 nitrogen and oxygen atoms in total. The van der Waals surface area contributed by atoms with Crippen LogP contribution in [0.25, 0.3) is 32.6 Å². The fourth-order valence-corrected chi connectivity index (χ4v) is 5.68. The molecule has 2 N–H and O–H groups in total. The summed E-state index contributed by atoms with van der Waals surface area (Å²) in [7, 11) is 2.09. The second-order valence-corrected chi connectivity index (χ2v) is 9.05. The second-order valence-electron chi connectivity index (χ2n) is 8.20. The van der Waals surface area contributed by atoms with E-state index < -0.39 is 0 Å². The van der Waals surface area contributed by atoms with Crippen molar-refractivity contribution in [1.82, 2.24) is 35.7 Å². The van der Waals surface area contributed by atoms with E-state index in [1.54, 1.807) is 11.3 Å². The van der Waals surface area contributed by atoms with Gasteiger partial charge in [0.25, 0.3) is 0 Å². The molecule has 9 heteroatoms. The predicted octanol–water partition coefficient (Wildman–Crippen LogP) is 3.26. The molecule has 0 radical (unpaired) electrons. The van der Waals surface area contributed by atoms with E-state index in [0.717, 1.165) is 45.4 Å². The van der Waals surface area contributed by atoms with Gasteiger partial charge in [-0.05, 0) is 25.7 Å². The van der Waals surface area contributed by atoms with Crippen LogP contribution in [0.2, 0.25) is 0 Å². The molecule has 2 aliphatic rings. The molecule has 2 fully saturated rings. The van der Waals surface area contributed by atoms with Crippen LogP contribution < -0.4 is 10.2 Å². The zero-order chi connectivity index (χ0) is 20.1. The Bertz CT molecular complexity index is 1160. The van der Waals surface area contributed by atoms with Crippen molar-refractivity contribution in [1.29, 1.82) is 0 Å². The smallest absolute Gasteiger partial charge is 0.245 e. The number of hydrogen-bond acceptors (Lipinski definition) is 8. The van der Waals surface area contributed by atoms with Gasteiger partial charge in [0.05, 0.1) is 28.1 Å². The van der Waals surface area contributed by atoms with Crippen LogP contribution in [0.3, 0.4) is 0 Å². The number of thiazole rings is 1. The highest BCUT2D eigenvalue weighted by atomic mass is 32.1. The molecule has 0 aliphatic carbocycles. The average molecular weight is 419 g/mol. The molecular formula is C21H22N8S. The summed E-state index contributed by atoms with van der Waals surface area (Å²) < 4.78 is 1.08. The van der Waals surface area contributed by atoms with Gasteiger partial charge in [0, 0.05) is 48.1 Å². The lowest BCUT2D eigenvalue weighted by Gasteiger charge is -2.35.